The number of carbonyl (C=O) groups excluding carboxylic acids is 1. The van der Waals surface area contributed by atoms with Gasteiger partial charge in [-0.05, 0) is 28.5 Å². The van der Waals surface area contributed by atoms with Crippen molar-refractivity contribution in [3.63, 3.8) is 0 Å². The van der Waals surface area contributed by atoms with Gasteiger partial charge < -0.3 is 5.11 Å². The van der Waals surface area contributed by atoms with Gasteiger partial charge in [0.2, 0.25) is 5.91 Å². The average Bonchev–Trinajstić information content (AvgIpc) is 2.65. The van der Waals surface area contributed by atoms with E-state index in [9.17, 15) is 9.90 Å². The number of hydrogen-bond donors (Lipinski definition) is 2. The first-order chi connectivity index (χ1) is 12.6. The minimum Gasteiger partial charge on any atom is -0.507 e. The van der Waals surface area contributed by atoms with Crippen molar-refractivity contribution in [1.29, 1.82) is 0 Å². The molecule has 0 aliphatic carbocycles. The minimum atomic E-state index is -0.182. The standard InChI is InChI=1S/C20H17BrN2O2S/c21-18-8-4-2-6-15(18)12-26-13-20(25)23-22-11-17-16-7-3-1-5-14(16)9-10-19(17)24/h1-11,24H,12-13H2,(H,23,25)/b22-11-. The highest BCUT2D eigenvalue weighted by molar-refractivity contribution is 9.10. The summed E-state index contributed by atoms with van der Waals surface area (Å²) >= 11 is 5.01. The monoisotopic (exact) mass is 428 g/mol. The topological polar surface area (TPSA) is 61.7 Å². The van der Waals surface area contributed by atoms with Crippen molar-refractivity contribution in [2.75, 3.05) is 5.75 Å². The van der Waals surface area contributed by atoms with E-state index in [1.54, 1.807) is 6.07 Å². The van der Waals surface area contributed by atoms with Crippen LogP contribution in [0.25, 0.3) is 10.8 Å². The van der Waals surface area contributed by atoms with Crippen LogP contribution in [0.1, 0.15) is 11.1 Å². The molecule has 3 rings (SSSR count). The maximum atomic E-state index is 11.9. The quantitative estimate of drug-likeness (QED) is 0.442. The first-order valence-electron chi connectivity index (χ1n) is 7.99. The fourth-order valence-corrected chi connectivity index (χ4v) is 3.92. The molecule has 0 bridgehead atoms. The molecular formula is C20H17BrN2O2S. The predicted octanol–water partition coefficient (Wildman–Crippen LogP) is 4.69. The van der Waals surface area contributed by atoms with E-state index < -0.39 is 0 Å². The van der Waals surface area contributed by atoms with Crippen LogP contribution in [0, 0.1) is 0 Å². The Labute approximate surface area is 164 Å². The first-order valence-corrected chi connectivity index (χ1v) is 9.93. The molecule has 3 aromatic carbocycles. The van der Waals surface area contributed by atoms with Crippen molar-refractivity contribution < 1.29 is 9.90 Å². The Hall–Kier alpha value is -2.31. The van der Waals surface area contributed by atoms with Gasteiger partial charge in [0, 0.05) is 15.8 Å². The van der Waals surface area contributed by atoms with Crippen molar-refractivity contribution in [1.82, 2.24) is 5.43 Å². The van der Waals surface area contributed by atoms with E-state index in [2.05, 4.69) is 26.5 Å². The lowest BCUT2D eigenvalue weighted by Crippen LogP contribution is -2.19. The van der Waals surface area contributed by atoms with Gasteiger partial charge in [-0.3, -0.25) is 4.79 Å². The van der Waals surface area contributed by atoms with Crippen molar-refractivity contribution >= 4 is 50.6 Å². The molecule has 4 nitrogen and oxygen atoms in total. The molecule has 0 heterocycles. The van der Waals surface area contributed by atoms with Gasteiger partial charge in [-0.15, -0.1) is 11.8 Å². The van der Waals surface area contributed by atoms with E-state index in [1.807, 2.05) is 54.6 Å². The molecule has 0 spiro atoms. The molecule has 0 aromatic heterocycles. The van der Waals surface area contributed by atoms with Gasteiger partial charge in [-0.2, -0.15) is 5.10 Å². The second-order valence-electron chi connectivity index (χ2n) is 5.60. The summed E-state index contributed by atoms with van der Waals surface area (Å²) in [5, 5.41) is 15.9. The molecule has 0 radical (unpaired) electrons. The summed E-state index contributed by atoms with van der Waals surface area (Å²) in [5.74, 6) is 0.992. The SMILES string of the molecule is O=C(CSCc1ccccc1Br)N/N=C\c1c(O)ccc2ccccc12. The molecule has 0 saturated heterocycles. The van der Waals surface area contributed by atoms with E-state index in [4.69, 9.17) is 0 Å². The average molecular weight is 429 g/mol. The largest absolute Gasteiger partial charge is 0.507 e. The molecule has 0 aliphatic heterocycles. The van der Waals surface area contributed by atoms with Gasteiger partial charge in [-0.25, -0.2) is 5.43 Å². The molecule has 6 heteroatoms. The summed E-state index contributed by atoms with van der Waals surface area (Å²) in [5.41, 5.74) is 4.25. The number of thioether (sulfide) groups is 1. The molecule has 0 atom stereocenters. The van der Waals surface area contributed by atoms with Gasteiger partial charge in [0.1, 0.15) is 5.75 Å². The van der Waals surface area contributed by atoms with Crippen LogP contribution in [0.4, 0.5) is 0 Å². The number of hydrazone groups is 1. The highest BCUT2D eigenvalue weighted by atomic mass is 79.9. The van der Waals surface area contributed by atoms with Crippen LogP contribution < -0.4 is 5.43 Å². The van der Waals surface area contributed by atoms with Crippen LogP contribution in [0.15, 0.2) is 70.2 Å². The Morgan fingerprint density at radius 2 is 1.88 bits per heavy atom. The highest BCUT2D eigenvalue weighted by Crippen LogP contribution is 2.25. The lowest BCUT2D eigenvalue weighted by Gasteiger charge is -2.05. The zero-order valence-corrected chi connectivity index (χ0v) is 16.3. The van der Waals surface area contributed by atoms with E-state index in [1.165, 1.54) is 18.0 Å². The zero-order valence-electron chi connectivity index (χ0n) is 13.9. The molecule has 0 saturated carbocycles. The molecule has 0 aliphatic rings. The fraction of sp³-hybridized carbons (Fsp3) is 0.100. The normalized spacial score (nSPS) is 11.1. The van der Waals surface area contributed by atoms with Gasteiger partial charge in [0.05, 0.1) is 12.0 Å². The Morgan fingerprint density at radius 3 is 2.73 bits per heavy atom. The van der Waals surface area contributed by atoms with E-state index in [0.29, 0.717) is 11.3 Å². The number of amides is 1. The smallest absolute Gasteiger partial charge is 0.250 e. The zero-order chi connectivity index (χ0) is 18.4. The number of nitrogens with one attached hydrogen (secondary N) is 1. The third-order valence-corrected chi connectivity index (χ3v) is 5.53. The highest BCUT2D eigenvalue weighted by Gasteiger charge is 2.05. The van der Waals surface area contributed by atoms with Crippen molar-refractivity contribution in [2.24, 2.45) is 5.10 Å². The van der Waals surface area contributed by atoms with Crippen LogP contribution in [0.5, 0.6) is 5.75 Å². The van der Waals surface area contributed by atoms with E-state index in [0.717, 1.165) is 26.6 Å². The number of phenolic OH excluding ortho intramolecular Hbond substituents is 1. The van der Waals surface area contributed by atoms with Crippen LogP contribution in [-0.2, 0) is 10.5 Å². The number of benzene rings is 3. The lowest BCUT2D eigenvalue weighted by atomic mass is 10.0. The van der Waals surface area contributed by atoms with Crippen molar-refractivity contribution in [3.8, 4) is 5.75 Å². The molecule has 1 amide bonds. The van der Waals surface area contributed by atoms with Gasteiger partial charge in [0.25, 0.3) is 0 Å². The third kappa shape index (κ3) is 4.65. The van der Waals surface area contributed by atoms with Gasteiger partial charge in [-0.1, -0.05) is 64.5 Å². The van der Waals surface area contributed by atoms with Crippen molar-refractivity contribution in [3.05, 3.63) is 76.3 Å². The maximum Gasteiger partial charge on any atom is 0.250 e. The molecule has 132 valence electrons. The minimum absolute atomic E-state index is 0.130. The summed E-state index contributed by atoms with van der Waals surface area (Å²) in [6.07, 6.45) is 1.48. The third-order valence-electron chi connectivity index (χ3n) is 3.78. The van der Waals surface area contributed by atoms with E-state index in [-0.39, 0.29) is 11.7 Å². The molecule has 0 fully saturated rings. The second kappa shape index (κ2) is 8.87. The summed E-state index contributed by atoms with van der Waals surface area (Å²) < 4.78 is 1.04. The van der Waals surface area contributed by atoms with Gasteiger partial charge >= 0.3 is 0 Å². The Kier molecular flexibility index (Phi) is 6.30. The predicted molar refractivity (Wildman–Crippen MR) is 112 cm³/mol. The second-order valence-corrected chi connectivity index (χ2v) is 7.44. The maximum absolute atomic E-state index is 11.9. The van der Waals surface area contributed by atoms with Crippen LogP contribution in [-0.4, -0.2) is 23.0 Å². The van der Waals surface area contributed by atoms with Crippen molar-refractivity contribution in [2.45, 2.75) is 5.75 Å². The lowest BCUT2D eigenvalue weighted by molar-refractivity contribution is -0.118. The molecule has 26 heavy (non-hydrogen) atoms. The number of fused-ring (bicyclic) bond motifs is 1. The Morgan fingerprint density at radius 1 is 1.12 bits per heavy atom. The number of nitrogens with zero attached hydrogens (tertiary/aromatic N) is 1. The molecule has 3 aromatic rings. The molecule has 2 N–H and O–H groups in total. The summed E-state index contributed by atoms with van der Waals surface area (Å²) in [6, 6.07) is 19.1. The Balaban J connectivity index is 1.56. The number of carbonyl (C=O) groups is 1. The van der Waals surface area contributed by atoms with E-state index >= 15 is 0 Å². The van der Waals surface area contributed by atoms with Crippen LogP contribution >= 0.6 is 27.7 Å². The summed E-state index contributed by atoms with van der Waals surface area (Å²) in [7, 11) is 0. The number of hydrogen-bond acceptors (Lipinski definition) is 4. The molecular weight excluding hydrogens is 412 g/mol. The van der Waals surface area contributed by atoms with Crippen LogP contribution in [0.3, 0.4) is 0 Å². The fourth-order valence-electron chi connectivity index (χ4n) is 2.49. The summed E-state index contributed by atoms with van der Waals surface area (Å²) in [6.45, 7) is 0. The number of aromatic hydroxyl groups is 1. The first kappa shape index (κ1) is 18.5. The molecule has 0 unspecified atom stereocenters. The number of halogens is 1. The van der Waals surface area contributed by atoms with Gasteiger partial charge in [0.15, 0.2) is 0 Å². The summed E-state index contributed by atoms with van der Waals surface area (Å²) in [4.78, 5) is 11.9. The van der Waals surface area contributed by atoms with Crippen LogP contribution in [0.2, 0.25) is 0 Å². The Bertz CT molecular complexity index is 959. The number of phenols is 1. The number of rotatable bonds is 6.